The number of aliphatic imine (C=N–C) groups is 1. The number of benzene rings is 1. The van der Waals surface area contributed by atoms with E-state index in [1.54, 1.807) is 6.07 Å². The maximum absolute atomic E-state index is 10.8. The second kappa shape index (κ2) is 8.99. The Morgan fingerprint density at radius 2 is 2.19 bits per heavy atom. The smallest absolute Gasteiger partial charge is 0.325 e. The molecule has 9 heteroatoms. The summed E-state index contributed by atoms with van der Waals surface area (Å²) in [6.07, 6.45) is 0. The molecule has 1 aromatic carbocycles. The van der Waals surface area contributed by atoms with Gasteiger partial charge in [-0.3, -0.25) is 9.79 Å². The molecule has 1 aliphatic heterocycles. The highest BCUT2D eigenvalue weighted by Crippen LogP contribution is 2.26. The van der Waals surface area contributed by atoms with Crippen LogP contribution >= 0.6 is 36.6 Å². The monoisotopic (exact) mass is 353 g/mol. The van der Waals surface area contributed by atoms with Gasteiger partial charge in [-0.1, -0.05) is 17.8 Å². The minimum absolute atomic E-state index is 0. The molecule has 0 radical (unpaired) electrons. The first kappa shape index (κ1) is 19.9. The minimum Gasteiger partial charge on any atom is -0.508 e. The Morgan fingerprint density at radius 1 is 1.48 bits per heavy atom. The predicted molar refractivity (Wildman–Crippen MR) is 88.8 cm³/mol. The van der Waals surface area contributed by atoms with Gasteiger partial charge in [-0.25, -0.2) is 0 Å². The third kappa shape index (κ3) is 5.28. The third-order valence-electron chi connectivity index (χ3n) is 2.74. The van der Waals surface area contributed by atoms with Crippen LogP contribution in [0.1, 0.15) is 17.2 Å². The summed E-state index contributed by atoms with van der Waals surface area (Å²) in [5, 5.41) is 22.6. The topological polar surface area (TPSA) is 108 Å². The van der Waals surface area contributed by atoms with Gasteiger partial charge in [0.25, 0.3) is 0 Å². The van der Waals surface area contributed by atoms with Crippen molar-refractivity contribution in [2.45, 2.75) is 11.8 Å². The van der Waals surface area contributed by atoms with E-state index in [9.17, 15) is 9.90 Å². The van der Waals surface area contributed by atoms with E-state index in [1.807, 2.05) is 0 Å². The molecule has 0 bridgehead atoms. The van der Waals surface area contributed by atoms with Crippen molar-refractivity contribution in [2.75, 3.05) is 13.1 Å². The van der Waals surface area contributed by atoms with Crippen molar-refractivity contribution in [1.29, 1.82) is 0 Å². The molecule has 0 fully saturated rings. The summed E-state index contributed by atoms with van der Waals surface area (Å²) >= 11 is 1.47. The number of nitrogens with two attached hydrogens (primary N) is 1. The number of amidine groups is 1. The quantitative estimate of drug-likeness (QED) is 0.653. The van der Waals surface area contributed by atoms with Crippen molar-refractivity contribution in [3.05, 3.63) is 29.3 Å². The van der Waals surface area contributed by atoms with Crippen molar-refractivity contribution in [3.8, 4) is 5.75 Å². The van der Waals surface area contributed by atoms with Crippen LogP contribution in [0.5, 0.6) is 5.75 Å². The maximum atomic E-state index is 10.8. The highest BCUT2D eigenvalue weighted by Gasteiger charge is 2.16. The number of carbonyl (C=O) groups is 1. The molecule has 118 valence electrons. The fourth-order valence-corrected chi connectivity index (χ4v) is 2.59. The molecule has 1 heterocycles. The molecule has 0 saturated heterocycles. The van der Waals surface area contributed by atoms with Crippen LogP contribution in [0.25, 0.3) is 0 Å². The number of aliphatic carboxylic acids is 1. The lowest BCUT2D eigenvalue weighted by Crippen LogP contribution is -2.20. The average Bonchev–Trinajstić information content (AvgIpc) is 2.90. The van der Waals surface area contributed by atoms with Gasteiger partial charge in [0.05, 0.1) is 6.54 Å². The molecule has 0 saturated carbocycles. The van der Waals surface area contributed by atoms with Crippen molar-refractivity contribution < 1.29 is 15.0 Å². The van der Waals surface area contributed by atoms with Crippen LogP contribution in [0, 0.1) is 0 Å². The van der Waals surface area contributed by atoms with E-state index < -0.39 is 12.0 Å². The Bertz CT molecular complexity index is 528. The zero-order chi connectivity index (χ0) is 13.8. The highest BCUT2D eigenvalue weighted by atomic mass is 35.5. The largest absolute Gasteiger partial charge is 0.508 e. The molecule has 1 aliphatic rings. The molecular weight excluding hydrogens is 337 g/mol. The van der Waals surface area contributed by atoms with Crippen molar-refractivity contribution in [1.82, 2.24) is 5.32 Å². The highest BCUT2D eigenvalue weighted by molar-refractivity contribution is 8.13. The Balaban J connectivity index is 0.00000200. The first-order valence-electron chi connectivity index (χ1n) is 5.79. The molecule has 2 rings (SSSR count). The number of halogens is 2. The molecule has 0 aromatic heterocycles. The van der Waals surface area contributed by atoms with Crippen molar-refractivity contribution in [3.63, 3.8) is 0 Å². The zero-order valence-electron chi connectivity index (χ0n) is 11.0. The molecule has 21 heavy (non-hydrogen) atoms. The molecule has 1 aromatic rings. The molecule has 1 unspecified atom stereocenters. The molecule has 0 amide bonds. The fourth-order valence-electron chi connectivity index (χ4n) is 1.68. The Hall–Kier alpha value is -1.15. The predicted octanol–water partition coefficient (Wildman–Crippen LogP) is 1.51. The van der Waals surface area contributed by atoms with Crippen LogP contribution in [0.2, 0.25) is 0 Å². The van der Waals surface area contributed by atoms with Crippen LogP contribution in [-0.4, -0.2) is 34.4 Å². The maximum Gasteiger partial charge on any atom is 0.325 e. The summed E-state index contributed by atoms with van der Waals surface area (Å²) in [4.78, 5) is 15.1. The number of carboxylic acids is 1. The lowest BCUT2D eigenvalue weighted by Gasteiger charge is -2.10. The number of nitrogens with one attached hydrogen (secondary N) is 1. The number of phenolic OH excluding ortho intramolecular Hbond substituents is 1. The Labute approximate surface area is 139 Å². The van der Waals surface area contributed by atoms with Gasteiger partial charge in [0.1, 0.15) is 11.8 Å². The van der Waals surface area contributed by atoms with E-state index in [0.717, 1.165) is 18.3 Å². The summed E-state index contributed by atoms with van der Waals surface area (Å²) in [5.74, 6) is -0.448. The number of hydrogen-bond donors (Lipinski definition) is 4. The van der Waals surface area contributed by atoms with E-state index in [4.69, 9.17) is 10.8 Å². The molecular formula is C12H17Cl2N3O3S. The molecule has 0 spiro atoms. The molecule has 5 N–H and O–H groups in total. The van der Waals surface area contributed by atoms with Gasteiger partial charge < -0.3 is 21.3 Å². The summed E-state index contributed by atoms with van der Waals surface area (Å²) < 4.78 is 0. The number of aromatic hydroxyl groups is 1. The summed E-state index contributed by atoms with van der Waals surface area (Å²) in [6, 6.07) is 3.54. The number of nitrogens with zero attached hydrogens (tertiary/aromatic N) is 1. The van der Waals surface area contributed by atoms with Crippen LogP contribution in [0.4, 0.5) is 0 Å². The van der Waals surface area contributed by atoms with Gasteiger partial charge in [0.15, 0.2) is 5.17 Å². The molecule has 6 nitrogen and oxygen atoms in total. The van der Waals surface area contributed by atoms with Crippen molar-refractivity contribution >= 4 is 47.7 Å². The SMILES string of the molecule is Cl.Cl.NC(C(=O)O)c1ccc(O)c(CSC2=NCCN2)c1. The Morgan fingerprint density at radius 3 is 2.76 bits per heavy atom. The van der Waals surface area contributed by atoms with E-state index >= 15 is 0 Å². The van der Waals surface area contributed by atoms with E-state index in [0.29, 0.717) is 16.9 Å². The van der Waals surface area contributed by atoms with Gasteiger partial charge in [-0.2, -0.15) is 0 Å². The lowest BCUT2D eigenvalue weighted by molar-refractivity contribution is -0.138. The standard InChI is InChI=1S/C12H15N3O3S.2ClH/c13-10(11(17)18)7-1-2-9(16)8(5-7)6-19-12-14-3-4-15-12;;/h1-2,5,10,16H,3-4,6,13H2,(H,14,15)(H,17,18);2*1H. The first-order valence-corrected chi connectivity index (χ1v) is 6.78. The van der Waals surface area contributed by atoms with Crippen LogP contribution in [0.3, 0.4) is 0 Å². The number of thioether (sulfide) groups is 1. The first-order chi connectivity index (χ1) is 9.08. The second-order valence-electron chi connectivity index (χ2n) is 4.11. The van der Waals surface area contributed by atoms with Gasteiger partial charge in [0, 0.05) is 17.9 Å². The van der Waals surface area contributed by atoms with Crippen LogP contribution < -0.4 is 11.1 Å². The van der Waals surface area contributed by atoms with E-state index in [-0.39, 0.29) is 30.6 Å². The lowest BCUT2D eigenvalue weighted by atomic mass is 10.0. The summed E-state index contributed by atoms with van der Waals surface area (Å²) in [6.45, 7) is 1.59. The number of phenols is 1. The number of rotatable bonds is 4. The zero-order valence-corrected chi connectivity index (χ0v) is 13.4. The Kier molecular flexibility index (Phi) is 8.50. The summed E-state index contributed by atoms with van der Waals surface area (Å²) in [7, 11) is 0. The normalized spacial score (nSPS) is 14.2. The van der Waals surface area contributed by atoms with Crippen LogP contribution in [-0.2, 0) is 10.5 Å². The number of carboxylic acid groups (broad SMARTS) is 1. The number of hydrogen-bond acceptors (Lipinski definition) is 6. The van der Waals surface area contributed by atoms with E-state index in [2.05, 4.69) is 10.3 Å². The summed E-state index contributed by atoms with van der Waals surface area (Å²) in [5.41, 5.74) is 6.67. The van der Waals surface area contributed by atoms with Gasteiger partial charge in [-0.15, -0.1) is 24.8 Å². The second-order valence-corrected chi connectivity index (χ2v) is 5.07. The van der Waals surface area contributed by atoms with Crippen molar-refractivity contribution in [2.24, 2.45) is 10.7 Å². The van der Waals surface area contributed by atoms with Gasteiger partial charge in [-0.05, 0) is 17.7 Å². The minimum atomic E-state index is -1.09. The average molecular weight is 354 g/mol. The fraction of sp³-hybridized carbons (Fsp3) is 0.333. The van der Waals surface area contributed by atoms with Gasteiger partial charge >= 0.3 is 5.97 Å². The van der Waals surface area contributed by atoms with Crippen LogP contribution in [0.15, 0.2) is 23.2 Å². The third-order valence-corrected chi connectivity index (χ3v) is 3.74. The van der Waals surface area contributed by atoms with Gasteiger partial charge in [0.2, 0.25) is 0 Å². The van der Waals surface area contributed by atoms with E-state index in [1.165, 1.54) is 23.9 Å². The molecule has 1 atom stereocenters. The molecule has 0 aliphatic carbocycles.